The topological polar surface area (TPSA) is 35.2 Å². The highest BCUT2D eigenvalue weighted by Gasteiger charge is 2.11. The van der Waals surface area contributed by atoms with Gasteiger partial charge in [-0.1, -0.05) is 48.5 Å². The van der Waals surface area contributed by atoms with Crippen LogP contribution < -0.4 is 10.5 Å². The highest BCUT2D eigenvalue weighted by Crippen LogP contribution is 2.37. The second-order valence-corrected chi connectivity index (χ2v) is 6.40. The molecule has 0 aliphatic rings. The van der Waals surface area contributed by atoms with Crippen molar-refractivity contribution in [2.45, 2.75) is 35.6 Å². The van der Waals surface area contributed by atoms with Crippen LogP contribution >= 0.6 is 23.4 Å². The van der Waals surface area contributed by atoms with Crippen molar-refractivity contribution in [3.8, 4) is 5.75 Å². The molecule has 0 bridgehead atoms. The van der Waals surface area contributed by atoms with Crippen LogP contribution in [0.2, 0.25) is 5.02 Å². The van der Waals surface area contributed by atoms with Crippen molar-refractivity contribution < 1.29 is 4.74 Å². The smallest absolute Gasteiger partial charge is 0.132 e. The van der Waals surface area contributed by atoms with E-state index in [9.17, 15) is 0 Å². The summed E-state index contributed by atoms with van der Waals surface area (Å²) in [7, 11) is 1.69. The first kappa shape index (κ1) is 16.2. The van der Waals surface area contributed by atoms with Gasteiger partial charge in [0, 0.05) is 16.0 Å². The molecule has 1 unspecified atom stereocenters. The standard InChI is InChI=1S/C17H20ClNOS/c1-3-14(19)10-12-8-9-13(18)11-17(12)21-16-7-5-4-6-15(16)20-2/h4-9,11,14H,3,10,19H2,1-2H3. The maximum atomic E-state index is 6.15. The van der Waals surface area contributed by atoms with Gasteiger partial charge in [0.2, 0.25) is 0 Å². The first-order valence-electron chi connectivity index (χ1n) is 6.99. The Morgan fingerprint density at radius 1 is 1.19 bits per heavy atom. The van der Waals surface area contributed by atoms with Gasteiger partial charge in [-0.25, -0.2) is 0 Å². The molecule has 0 spiro atoms. The molecule has 2 rings (SSSR count). The Kier molecular flexibility index (Phi) is 5.97. The van der Waals surface area contributed by atoms with Gasteiger partial charge in [-0.05, 0) is 42.7 Å². The van der Waals surface area contributed by atoms with E-state index in [2.05, 4.69) is 13.0 Å². The van der Waals surface area contributed by atoms with E-state index in [4.69, 9.17) is 22.1 Å². The largest absolute Gasteiger partial charge is 0.496 e. The van der Waals surface area contributed by atoms with Gasteiger partial charge in [-0.2, -0.15) is 0 Å². The van der Waals surface area contributed by atoms with Crippen LogP contribution in [0.1, 0.15) is 18.9 Å². The SMILES string of the molecule is CCC(N)Cc1ccc(Cl)cc1Sc1ccccc1OC. The third kappa shape index (κ3) is 4.40. The molecule has 0 aliphatic carbocycles. The van der Waals surface area contributed by atoms with E-state index in [-0.39, 0.29) is 6.04 Å². The molecule has 2 aromatic carbocycles. The number of nitrogens with two attached hydrogens (primary N) is 1. The molecule has 0 heterocycles. The molecule has 4 heteroatoms. The van der Waals surface area contributed by atoms with Crippen LogP contribution in [0.15, 0.2) is 52.3 Å². The van der Waals surface area contributed by atoms with Gasteiger partial charge < -0.3 is 10.5 Å². The van der Waals surface area contributed by atoms with Gasteiger partial charge in [-0.15, -0.1) is 0 Å². The molecule has 112 valence electrons. The molecular formula is C17H20ClNOS. The number of methoxy groups -OCH3 is 1. The van der Waals surface area contributed by atoms with Crippen LogP contribution in [-0.4, -0.2) is 13.2 Å². The average molecular weight is 322 g/mol. The third-order valence-corrected chi connectivity index (χ3v) is 4.72. The average Bonchev–Trinajstić information content (AvgIpc) is 2.50. The highest BCUT2D eigenvalue weighted by molar-refractivity contribution is 7.99. The lowest BCUT2D eigenvalue weighted by Gasteiger charge is -2.14. The molecule has 2 aromatic rings. The zero-order valence-corrected chi connectivity index (χ0v) is 13.9. The Morgan fingerprint density at radius 2 is 1.95 bits per heavy atom. The number of hydrogen-bond donors (Lipinski definition) is 1. The van der Waals surface area contributed by atoms with Crippen molar-refractivity contribution in [1.29, 1.82) is 0 Å². The van der Waals surface area contributed by atoms with E-state index >= 15 is 0 Å². The van der Waals surface area contributed by atoms with Crippen molar-refractivity contribution in [1.82, 2.24) is 0 Å². The van der Waals surface area contributed by atoms with Crippen LogP contribution in [0.3, 0.4) is 0 Å². The zero-order chi connectivity index (χ0) is 15.2. The number of para-hydroxylation sites is 1. The fourth-order valence-electron chi connectivity index (χ4n) is 2.04. The van der Waals surface area contributed by atoms with E-state index in [0.29, 0.717) is 0 Å². The van der Waals surface area contributed by atoms with Crippen molar-refractivity contribution in [3.05, 3.63) is 53.1 Å². The molecular weight excluding hydrogens is 302 g/mol. The summed E-state index contributed by atoms with van der Waals surface area (Å²) in [4.78, 5) is 2.21. The minimum Gasteiger partial charge on any atom is -0.496 e. The van der Waals surface area contributed by atoms with Crippen molar-refractivity contribution in [3.63, 3.8) is 0 Å². The monoisotopic (exact) mass is 321 g/mol. The Labute approximate surface area is 135 Å². The molecule has 1 atom stereocenters. The quantitative estimate of drug-likeness (QED) is 0.831. The summed E-state index contributed by atoms with van der Waals surface area (Å²) in [5.74, 6) is 0.869. The number of halogens is 1. The Morgan fingerprint density at radius 3 is 2.67 bits per heavy atom. The van der Waals surface area contributed by atoms with Gasteiger partial charge in [0.05, 0.1) is 12.0 Å². The first-order valence-corrected chi connectivity index (χ1v) is 8.18. The lowest BCUT2D eigenvalue weighted by atomic mass is 10.1. The van der Waals surface area contributed by atoms with Crippen LogP contribution in [0.5, 0.6) is 5.75 Å². The van der Waals surface area contributed by atoms with Crippen LogP contribution in [0.4, 0.5) is 0 Å². The van der Waals surface area contributed by atoms with Crippen LogP contribution in [0.25, 0.3) is 0 Å². The number of benzene rings is 2. The molecule has 21 heavy (non-hydrogen) atoms. The van der Waals surface area contributed by atoms with E-state index < -0.39 is 0 Å². The second kappa shape index (κ2) is 7.74. The molecule has 0 radical (unpaired) electrons. The summed E-state index contributed by atoms with van der Waals surface area (Å²) in [6.07, 6.45) is 1.81. The fraction of sp³-hybridized carbons (Fsp3) is 0.294. The summed E-state index contributed by atoms with van der Waals surface area (Å²) in [5, 5.41) is 0.737. The summed E-state index contributed by atoms with van der Waals surface area (Å²) in [6.45, 7) is 2.10. The molecule has 0 aliphatic heterocycles. The molecule has 0 aromatic heterocycles. The molecule has 2 nitrogen and oxygen atoms in total. The lowest BCUT2D eigenvalue weighted by Crippen LogP contribution is -2.21. The van der Waals surface area contributed by atoms with Gasteiger partial charge >= 0.3 is 0 Å². The van der Waals surface area contributed by atoms with E-state index in [1.165, 1.54) is 5.56 Å². The zero-order valence-electron chi connectivity index (χ0n) is 12.3. The summed E-state index contributed by atoms with van der Waals surface area (Å²) < 4.78 is 5.41. The van der Waals surface area contributed by atoms with Gasteiger partial charge in [0.1, 0.15) is 5.75 Å². The van der Waals surface area contributed by atoms with Crippen LogP contribution in [-0.2, 0) is 6.42 Å². The number of hydrogen-bond acceptors (Lipinski definition) is 3. The Bertz CT molecular complexity index is 603. The summed E-state index contributed by atoms with van der Waals surface area (Å²) in [6, 6.07) is 14.1. The van der Waals surface area contributed by atoms with E-state index in [0.717, 1.165) is 33.4 Å². The Hall–Kier alpha value is -1.16. The Balaban J connectivity index is 2.31. The predicted molar refractivity (Wildman–Crippen MR) is 90.5 cm³/mol. The molecule has 0 fully saturated rings. The molecule has 0 amide bonds. The van der Waals surface area contributed by atoms with Crippen molar-refractivity contribution in [2.24, 2.45) is 5.73 Å². The first-order chi connectivity index (χ1) is 10.1. The second-order valence-electron chi connectivity index (χ2n) is 4.88. The van der Waals surface area contributed by atoms with Crippen molar-refractivity contribution >= 4 is 23.4 Å². The highest BCUT2D eigenvalue weighted by atomic mass is 35.5. The van der Waals surface area contributed by atoms with E-state index in [1.54, 1.807) is 18.9 Å². The third-order valence-electron chi connectivity index (χ3n) is 3.32. The number of ether oxygens (including phenoxy) is 1. The molecule has 0 saturated carbocycles. The van der Waals surface area contributed by atoms with E-state index in [1.807, 2.05) is 36.4 Å². The maximum Gasteiger partial charge on any atom is 0.132 e. The predicted octanol–water partition coefficient (Wildman–Crippen LogP) is 4.78. The lowest BCUT2D eigenvalue weighted by molar-refractivity contribution is 0.405. The molecule has 2 N–H and O–H groups in total. The normalized spacial score (nSPS) is 12.2. The fourth-order valence-corrected chi connectivity index (χ4v) is 3.38. The summed E-state index contributed by atoms with van der Waals surface area (Å²) >= 11 is 7.82. The van der Waals surface area contributed by atoms with Gasteiger partial charge in [0.15, 0.2) is 0 Å². The minimum absolute atomic E-state index is 0.170. The summed E-state index contributed by atoms with van der Waals surface area (Å²) in [5.41, 5.74) is 7.32. The van der Waals surface area contributed by atoms with Crippen molar-refractivity contribution in [2.75, 3.05) is 7.11 Å². The minimum atomic E-state index is 0.170. The molecule has 0 saturated heterocycles. The van der Waals surface area contributed by atoms with Gasteiger partial charge in [0.25, 0.3) is 0 Å². The van der Waals surface area contributed by atoms with Crippen LogP contribution in [0, 0.1) is 0 Å². The van der Waals surface area contributed by atoms with Gasteiger partial charge in [-0.3, -0.25) is 0 Å². The number of rotatable bonds is 6. The maximum absolute atomic E-state index is 6.15.